The highest BCUT2D eigenvalue weighted by molar-refractivity contribution is 7.14. The number of aromatic nitrogens is 1. The number of rotatable bonds is 3. The molecule has 0 saturated heterocycles. The van der Waals surface area contributed by atoms with Crippen molar-refractivity contribution < 1.29 is 28.5 Å². The summed E-state index contributed by atoms with van der Waals surface area (Å²) in [5.74, 6) is -2.93. The average Bonchev–Trinajstić information content (AvgIpc) is 3.39. The minimum Gasteiger partial charge on any atom is -0.507 e. The summed E-state index contributed by atoms with van der Waals surface area (Å²) < 4.78 is 36.2. The molecule has 0 amide bonds. The molecule has 1 aliphatic rings. The number of benzene rings is 2. The predicted molar refractivity (Wildman–Crippen MR) is 122 cm³/mol. The molecule has 8 heteroatoms. The highest BCUT2D eigenvalue weighted by atomic mass is 32.1. The van der Waals surface area contributed by atoms with E-state index in [-0.39, 0.29) is 17.2 Å². The number of phenols is 1. The Morgan fingerprint density at radius 1 is 1.09 bits per heavy atom. The quantitative estimate of drug-likeness (QED) is 0.389. The molecule has 2 N–H and O–H groups in total. The molecule has 170 valence electrons. The molecule has 2 aromatic carbocycles. The lowest BCUT2D eigenvalue weighted by atomic mass is 9.78. The van der Waals surface area contributed by atoms with Crippen LogP contribution in [0, 0.1) is 11.6 Å². The molecule has 2 aromatic heterocycles. The van der Waals surface area contributed by atoms with Crippen molar-refractivity contribution in [3.05, 3.63) is 81.2 Å². The first-order chi connectivity index (χ1) is 15.5. The van der Waals surface area contributed by atoms with E-state index in [1.165, 1.54) is 12.1 Å². The zero-order valence-corrected chi connectivity index (χ0v) is 19.0. The lowest BCUT2D eigenvalue weighted by molar-refractivity contribution is -0.0414. The van der Waals surface area contributed by atoms with E-state index < -0.39 is 28.6 Å². The Bertz CT molecular complexity index is 1440. The number of hydrogen-bond acceptors (Lipinski definition) is 4. The summed E-state index contributed by atoms with van der Waals surface area (Å²) in [7, 11) is 0. The highest BCUT2D eigenvalue weighted by Crippen LogP contribution is 2.53. The molecule has 33 heavy (non-hydrogen) atoms. The number of carbonyl (C=O) groups is 1. The summed E-state index contributed by atoms with van der Waals surface area (Å²) in [5, 5.41) is 20.9. The Kier molecular flexibility index (Phi) is 4.67. The second kappa shape index (κ2) is 7.13. The summed E-state index contributed by atoms with van der Waals surface area (Å²) in [4.78, 5) is 12.4. The molecule has 5 nitrogen and oxygen atoms in total. The van der Waals surface area contributed by atoms with Crippen LogP contribution in [0.25, 0.3) is 16.6 Å². The zero-order valence-electron chi connectivity index (χ0n) is 18.1. The van der Waals surface area contributed by atoms with E-state index in [2.05, 4.69) is 0 Å². The van der Waals surface area contributed by atoms with Gasteiger partial charge >= 0.3 is 5.97 Å². The number of carboxylic acids is 1. The third-order valence-electron chi connectivity index (χ3n) is 6.26. The minimum atomic E-state index is -1.07. The lowest BCUT2D eigenvalue weighted by Gasteiger charge is -2.42. The third-order valence-corrected chi connectivity index (χ3v) is 7.54. The molecule has 0 saturated carbocycles. The highest BCUT2D eigenvalue weighted by Gasteiger charge is 2.48. The van der Waals surface area contributed by atoms with Gasteiger partial charge in [-0.2, -0.15) is 0 Å². The van der Waals surface area contributed by atoms with Gasteiger partial charge in [0.05, 0.1) is 12.1 Å². The van der Waals surface area contributed by atoms with Crippen LogP contribution in [0.4, 0.5) is 8.78 Å². The predicted octanol–water partition coefficient (Wildman–Crippen LogP) is 5.95. The van der Waals surface area contributed by atoms with Crippen LogP contribution in [0.3, 0.4) is 0 Å². The molecule has 1 unspecified atom stereocenters. The first-order valence-corrected chi connectivity index (χ1v) is 11.2. The van der Waals surface area contributed by atoms with Crippen molar-refractivity contribution in [3.63, 3.8) is 0 Å². The molecule has 0 aliphatic carbocycles. The van der Waals surface area contributed by atoms with Crippen molar-refractivity contribution >= 4 is 28.2 Å². The molecular formula is C25H21F2NO4S. The number of phenolic OH excluding ortho intramolecular Hbond substituents is 1. The lowest BCUT2D eigenvalue weighted by Crippen LogP contribution is -2.42. The van der Waals surface area contributed by atoms with E-state index >= 15 is 0 Å². The van der Waals surface area contributed by atoms with E-state index in [9.17, 15) is 23.8 Å². The third kappa shape index (κ3) is 3.08. The SMILES string of the molecule is CC1(C)COC(C)(c2ccc(C(=O)O)s2)c2c1n(-c1ccc(F)c(F)c1)c1cccc(O)c21. The maximum Gasteiger partial charge on any atom is 0.345 e. The normalized spacial score (nSPS) is 19.5. The van der Waals surface area contributed by atoms with Gasteiger partial charge in [0.25, 0.3) is 0 Å². The van der Waals surface area contributed by atoms with Crippen LogP contribution in [-0.2, 0) is 15.8 Å². The number of nitrogens with zero attached hydrogens (tertiary/aromatic N) is 1. The van der Waals surface area contributed by atoms with Crippen LogP contribution in [0.15, 0.2) is 48.5 Å². The Morgan fingerprint density at radius 3 is 2.52 bits per heavy atom. The van der Waals surface area contributed by atoms with Crippen molar-refractivity contribution in [3.8, 4) is 11.4 Å². The van der Waals surface area contributed by atoms with Crippen LogP contribution in [0.5, 0.6) is 5.75 Å². The fraction of sp³-hybridized carbons (Fsp3) is 0.240. The number of fused-ring (bicyclic) bond motifs is 3. The van der Waals surface area contributed by atoms with Crippen LogP contribution in [0.2, 0.25) is 0 Å². The van der Waals surface area contributed by atoms with Crippen LogP contribution < -0.4 is 0 Å². The van der Waals surface area contributed by atoms with Crippen molar-refractivity contribution in [2.24, 2.45) is 0 Å². The maximum atomic E-state index is 14.3. The maximum absolute atomic E-state index is 14.3. The smallest absolute Gasteiger partial charge is 0.345 e. The molecule has 1 atom stereocenters. The van der Waals surface area contributed by atoms with Crippen molar-refractivity contribution in [2.45, 2.75) is 31.8 Å². The summed E-state index contributed by atoms with van der Waals surface area (Å²) in [6.07, 6.45) is 0. The number of thiophene rings is 1. The Labute approximate surface area is 192 Å². The molecule has 0 fully saturated rings. The topological polar surface area (TPSA) is 71.7 Å². The Hall–Kier alpha value is -3.23. The van der Waals surface area contributed by atoms with Crippen LogP contribution in [-0.4, -0.2) is 27.4 Å². The largest absolute Gasteiger partial charge is 0.507 e. The van der Waals surface area contributed by atoms with Gasteiger partial charge in [0, 0.05) is 38.7 Å². The molecule has 5 rings (SSSR count). The van der Waals surface area contributed by atoms with Gasteiger partial charge < -0.3 is 19.5 Å². The van der Waals surface area contributed by atoms with Crippen LogP contribution >= 0.6 is 11.3 Å². The van der Waals surface area contributed by atoms with Gasteiger partial charge in [-0.1, -0.05) is 19.9 Å². The van der Waals surface area contributed by atoms with Gasteiger partial charge in [0.1, 0.15) is 16.2 Å². The first-order valence-electron chi connectivity index (χ1n) is 10.3. The van der Waals surface area contributed by atoms with Gasteiger partial charge in [-0.05, 0) is 43.3 Å². The van der Waals surface area contributed by atoms with Gasteiger partial charge in [0.15, 0.2) is 11.6 Å². The fourth-order valence-electron chi connectivity index (χ4n) is 4.69. The number of ether oxygens (including phenoxy) is 1. The number of carboxylic acid groups (broad SMARTS) is 1. The molecule has 4 aromatic rings. The Morgan fingerprint density at radius 2 is 1.85 bits per heavy atom. The Balaban J connectivity index is 1.91. The summed E-state index contributed by atoms with van der Waals surface area (Å²) in [6, 6.07) is 12.0. The van der Waals surface area contributed by atoms with Gasteiger partial charge in [-0.15, -0.1) is 11.3 Å². The summed E-state index contributed by atoms with van der Waals surface area (Å²) in [6.45, 7) is 6.10. The van der Waals surface area contributed by atoms with Crippen molar-refractivity contribution in [2.75, 3.05) is 6.61 Å². The van der Waals surface area contributed by atoms with Gasteiger partial charge in [0.2, 0.25) is 0 Å². The second-order valence-corrected chi connectivity index (χ2v) is 10.1. The zero-order chi connectivity index (χ0) is 23.7. The van der Waals surface area contributed by atoms with E-state index in [4.69, 9.17) is 4.74 Å². The molecule has 0 radical (unpaired) electrons. The first kappa shape index (κ1) is 21.6. The van der Waals surface area contributed by atoms with E-state index in [0.29, 0.717) is 27.0 Å². The molecule has 1 aliphatic heterocycles. The van der Waals surface area contributed by atoms with E-state index in [0.717, 1.165) is 29.2 Å². The second-order valence-electron chi connectivity index (χ2n) is 9.00. The van der Waals surface area contributed by atoms with E-state index in [1.807, 2.05) is 31.4 Å². The van der Waals surface area contributed by atoms with E-state index in [1.54, 1.807) is 18.2 Å². The molecular weight excluding hydrogens is 448 g/mol. The monoisotopic (exact) mass is 469 g/mol. The van der Waals surface area contributed by atoms with Crippen LogP contribution in [0.1, 0.15) is 46.6 Å². The number of halogens is 2. The molecule has 0 bridgehead atoms. The van der Waals surface area contributed by atoms with Gasteiger partial charge in [-0.3, -0.25) is 0 Å². The number of aromatic carboxylic acids is 1. The molecule has 0 spiro atoms. The fourth-order valence-corrected chi connectivity index (χ4v) is 5.64. The van der Waals surface area contributed by atoms with Crippen molar-refractivity contribution in [1.82, 2.24) is 4.57 Å². The summed E-state index contributed by atoms with van der Waals surface area (Å²) in [5.41, 5.74) is 0.869. The van der Waals surface area contributed by atoms with Gasteiger partial charge in [-0.25, -0.2) is 13.6 Å². The minimum absolute atomic E-state index is 0.0209. The standard InChI is InChI=1S/C25H21F2NO4S/c1-24(2)12-32-25(3,19-10-9-18(33-19)23(30)31)21-20-16(5-4-6-17(20)29)28(22(21)24)13-7-8-14(26)15(27)11-13/h4-11,29H,12H2,1-3H3,(H,30,31). The number of hydrogen-bond donors (Lipinski definition) is 2. The number of aromatic hydroxyl groups is 1. The molecule has 3 heterocycles. The summed E-state index contributed by atoms with van der Waals surface area (Å²) >= 11 is 1.11. The van der Waals surface area contributed by atoms with Crippen molar-refractivity contribution in [1.29, 1.82) is 0 Å². The average molecular weight is 470 g/mol.